The van der Waals surface area contributed by atoms with E-state index in [2.05, 4.69) is 20.5 Å². The molecule has 0 bridgehead atoms. The Kier molecular flexibility index (Phi) is 7.23. The highest BCUT2D eigenvalue weighted by atomic mass is 35.5. The Bertz CT molecular complexity index is 1430. The summed E-state index contributed by atoms with van der Waals surface area (Å²) in [5.74, 6) is 0.792. The summed E-state index contributed by atoms with van der Waals surface area (Å²) in [5, 5.41) is 14.6. The molecule has 0 aliphatic rings. The van der Waals surface area contributed by atoms with Gasteiger partial charge in [-0.05, 0) is 42.0 Å². The smallest absolute Gasteiger partial charge is 0.270 e. The van der Waals surface area contributed by atoms with E-state index in [0.717, 1.165) is 11.1 Å². The van der Waals surface area contributed by atoms with Gasteiger partial charge in [-0.1, -0.05) is 59.6 Å². The molecule has 1 aromatic heterocycles. The zero-order valence-electron chi connectivity index (χ0n) is 17.6. The second-order valence-electron chi connectivity index (χ2n) is 7.08. The summed E-state index contributed by atoms with van der Waals surface area (Å²) in [6.07, 6.45) is 1.57. The molecule has 9 heteroatoms. The van der Waals surface area contributed by atoms with Crippen LogP contribution in [-0.4, -0.2) is 16.2 Å². The van der Waals surface area contributed by atoms with Gasteiger partial charge in [0.05, 0.1) is 11.9 Å². The van der Waals surface area contributed by atoms with Crippen molar-refractivity contribution in [1.82, 2.24) is 9.97 Å². The normalized spacial score (nSPS) is 10.7. The molecule has 0 saturated heterocycles. The summed E-state index contributed by atoms with van der Waals surface area (Å²) in [5.41, 5.74) is 4.67. The van der Waals surface area contributed by atoms with Crippen LogP contribution in [0.4, 0.5) is 5.95 Å². The molecule has 34 heavy (non-hydrogen) atoms. The first-order chi connectivity index (χ1) is 16.5. The molecule has 2 N–H and O–H groups in total. The fourth-order valence-corrected chi connectivity index (χ4v) is 3.52. The highest BCUT2D eigenvalue weighted by Gasteiger charge is 2.12. The van der Waals surface area contributed by atoms with E-state index in [1.165, 1.54) is 0 Å². The third-order valence-electron chi connectivity index (χ3n) is 4.75. The third-order valence-corrected chi connectivity index (χ3v) is 5.34. The second kappa shape index (κ2) is 10.7. The van der Waals surface area contributed by atoms with Crippen LogP contribution in [0.2, 0.25) is 10.0 Å². The van der Waals surface area contributed by atoms with Crippen molar-refractivity contribution in [2.75, 3.05) is 5.43 Å². The number of H-pyrrole nitrogens is 1. The number of hydrazone groups is 1. The lowest BCUT2D eigenvalue weighted by Crippen LogP contribution is -2.16. The van der Waals surface area contributed by atoms with Crippen LogP contribution in [0.15, 0.2) is 82.7 Å². The first-order valence-electron chi connectivity index (χ1n) is 10.1. The predicted molar refractivity (Wildman–Crippen MR) is 133 cm³/mol. The average Bonchev–Trinajstić information content (AvgIpc) is 2.84. The van der Waals surface area contributed by atoms with Crippen LogP contribution in [0.1, 0.15) is 16.7 Å². The minimum absolute atomic E-state index is 0.0591. The van der Waals surface area contributed by atoms with Gasteiger partial charge in [0.1, 0.15) is 24.0 Å². The Morgan fingerprint density at radius 2 is 1.85 bits per heavy atom. The number of benzene rings is 3. The molecule has 7 nitrogen and oxygen atoms in total. The van der Waals surface area contributed by atoms with Crippen LogP contribution < -0.4 is 15.7 Å². The highest BCUT2D eigenvalue weighted by Crippen LogP contribution is 2.23. The minimum Gasteiger partial charge on any atom is -0.489 e. The van der Waals surface area contributed by atoms with E-state index in [4.69, 9.17) is 27.9 Å². The summed E-state index contributed by atoms with van der Waals surface area (Å²) >= 11 is 12.1. The third kappa shape index (κ3) is 5.62. The molecule has 0 aliphatic heterocycles. The monoisotopic (exact) mass is 489 g/mol. The molecule has 0 saturated carbocycles. The van der Waals surface area contributed by atoms with Crippen molar-refractivity contribution in [2.24, 2.45) is 5.10 Å². The summed E-state index contributed by atoms with van der Waals surface area (Å²) in [7, 11) is 0. The number of ether oxygens (including phenoxy) is 1. The number of hydrogen-bond donors (Lipinski definition) is 2. The zero-order valence-corrected chi connectivity index (χ0v) is 19.1. The highest BCUT2D eigenvalue weighted by molar-refractivity contribution is 6.35. The molecule has 4 aromatic rings. The van der Waals surface area contributed by atoms with Crippen molar-refractivity contribution >= 4 is 35.4 Å². The topological polar surface area (TPSA) is 103 Å². The number of rotatable bonds is 7. The molecule has 0 fully saturated rings. The van der Waals surface area contributed by atoms with Gasteiger partial charge in [0, 0.05) is 21.2 Å². The molecule has 1 heterocycles. The first-order valence-corrected chi connectivity index (χ1v) is 10.8. The molecular weight excluding hydrogens is 473 g/mol. The van der Waals surface area contributed by atoms with Crippen molar-refractivity contribution in [3.63, 3.8) is 0 Å². The zero-order chi connectivity index (χ0) is 23.9. The quantitative estimate of drug-likeness (QED) is 0.258. The van der Waals surface area contributed by atoms with Gasteiger partial charge >= 0.3 is 0 Å². The number of nitrogens with one attached hydrogen (secondary N) is 2. The van der Waals surface area contributed by atoms with Crippen molar-refractivity contribution in [2.45, 2.75) is 6.61 Å². The lowest BCUT2D eigenvalue weighted by Gasteiger charge is -2.08. The average molecular weight is 490 g/mol. The van der Waals surface area contributed by atoms with Crippen LogP contribution in [0.25, 0.3) is 11.3 Å². The van der Waals surface area contributed by atoms with Crippen LogP contribution in [0.5, 0.6) is 5.75 Å². The van der Waals surface area contributed by atoms with Gasteiger partial charge in [-0.2, -0.15) is 10.4 Å². The van der Waals surface area contributed by atoms with Crippen LogP contribution in [-0.2, 0) is 6.61 Å². The van der Waals surface area contributed by atoms with E-state index in [-0.39, 0.29) is 17.2 Å². The van der Waals surface area contributed by atoms with Crippen molar-refractivity contribution in [1.29, 1.82) is 5.26 Å². The minimum atomic E-state index is -0.545. The number of halogens is 2. The molecule has 4 rings (SSSR count). The molecular formula is C25H17Cl2N5O2. The molecule has 168 valence electrons. The van der Waals surface area contributed by atoms with Crippen LogP contribution in [0.3, 0.4) is 0 Å². The SMILES string of the molecule is N#Cc1c(-c2ccccc2)nc(NN=Cc2ccc(OCc3ccc(Cl)cc3Cl)cc2)[nH]c1=O. The Morgan fingerprint density at radius 3 is 2.56 bits per heavy atom. The summed E-state index contributed by atoms with van der Waals surface area (Å²) in [4.78, 5) is 19.2. The van der Waals surface area contributed by atoms with E-state index >= 15 is 0 Å². The van der Waals surface area contributed by atoms with Gasteiger partial charge < -0.3 is 4.74 Å². The van der Waals surface area contributed by atoms with Gasteiger partial charge in [-0.3, -0.25) is 9.78 Å². The maximum atomic E-state index is 12.3. The summed E-state index contributed by atoms with van der Waals surface area (Å²) in [6, 6.07) is 23.4. The standard InChI is InChI=1S/C25H17Cl2N5O2/c26-19-9-8-18(22(27)12-19)15-34-20-10-6-16(7-11-20)14-29-32-25-30-23(17-4-2-1-3-5-17)21(13-28)24(33)31-25/h1-12,14H,15H2,(H2,30,31,32,33). The van der Waals surface area contributed by atoms with Gasteiger partial charge in [0.25, 0.3) is 5.56 Å². The van der Waals surface area contributed by atoms with E-state index < -0.39 is 5.56 Å². The van der Waals surface area contributed by atoms with E-state index in [1.807, 2.05) is 42.5 Å². The number of hydrogen-bond acceptors (Lipinski definition) is 6. The van der Waals surface area contributed by atoms with Gasteiger partial charge in [-0.25, -0.2) is 10.4 Å². The molecule has 0 amide bonds. The molecule has 0 atom stereocenters. The number of aromatic amines is 1. The van der Waals surface area contributed by atoms with Crippen molar-refractivity contribution in [3.8, 4) is 23.1 Å². The maximum Gasteiger partial charge on any atom is 0.270 e. The Hall–Kier alpha value is -4.12. The maximum absolute atomic E-state index is 12.3. The number of nitrogens with zero attached hydrogens (tertiary/aromatic N) is 3. The summed E-state index contributed by atoms with van der Waals surface area (Å²) in [6.45, 7) is 0.312. The Balaban J connectivity index is 1.42. The molecule has 0 spiro atoms. The van der Waals surface area contributed by atoms with Gasteiger partial charge in [0.2, 0.25) is 5.95 Å². The fraction of sp³-hybridized carbons (Fsp3) is 0.0400. The lowest BCUT2D eigenvalue weighted by molar-refractivity contribution is 0.306. The van der Waals surface area contributed by atoms with Crippen LogP contribution in [0, 0.1) is 11.3 Å². The van der Waals surface area contributed by atoms with E-state index in [9.17, 15) is 10.1 Å². The second-order valence-corrected chi connectivity index (χ2v) is 7.92. The van der Waals surface area contributed by atoms with Crippen molar-refractivity contribution in [3.05, 3.63) is 110 Å². The number of anilines is 1. The molecule has 0 aliphatic carbocycles. The van der Waals surface area contributed by atoms with E-state index in [0.29, 0.717) is 28.0 Å². The molecule has 0 radical (unpaired) electrons. The number of aromatic nitrogens is 2. The Morgan fingerprint density at radius 1 is 1.09 bits per heavy atom. The Labute approximate surface area is 205 Å². The van der Waals surface area contributed by atoms with Crippen molar-refractivity contribution < 1.29 is 4.74 Å². The summed E-state index contributed by atoms with van der Waals surface area (Å²) < 4.78 is 5.77. The predicted octanol–water partition coefficient (Wildman–Crippen LogP) is 5.64. The van der Waals surface area contributed by atoms with Gasteiger partial charge in [0.15, 0.2) is 0 Å². The van der Waals surface area contributed by atoms with E-state index in [1.54, 1.807) is 42.6 Å². The lowest BCUT2D eigenvalue weighted by atomic mass is 10.1. The first kappa shape index (κ1) is 23.1. The largest absolute Gasteiger partial charge is 0.489 e. The molecule has 0 unspecified atom stereocenters. The van der Waals surface area contributed by atoms with Crippen LogP contribution >= 0.6 is 23.2 Å². The fourth-order valence-electron chi connectivity index (χ4n) is 3.05. The van der Waals surface area contributed by atoms with Gasteiger partial charge in [-0.15, -0.1) is 0 Å². The number of nitriles is 1. The molecule has 3 aromatic carbocycles.